The molecule has 0 bridgehead atoms. The number of benzene rings is 1. The van der Waals surface area contributed by atoms with Gasteiger partial charge in [0, 0.05) is 16.2 Å². The predicted octanol–water partition coefficient (Wildman–Crippen LogP) is 4.61. The molecule has 2 heteroatoms. The second kappa shape index (κ2) is 6.32. The molecule has 1 N–H and O–H groups in total. The van der Waals surface area contributed by atoms with Crippen molar-refractivity contribution >= 4 is 11.8 Å². The van der Waals surface area contributed by atoms with Crippen LogP contribution >= 0.6 is 11.8 Å². The minimum absolute atomic E-state index is 0.257. The number of hydrogen-bond acceptors (Lipinski definition) is 2. The molecule has 0 aliphatic heterocycles. The van der Waals surface area contributed by atoms with E-state index in [1.165, 1.54) is 29.7 Å². The number of rotatable bonds is 4. The van der Waals surface area contributed by atoms with Crippen molar-refractivity contribution in [3.8, 4) is 0 Å². The highest BCUT2D eigenvalue weighted by Crippen LogP contribution is 2.35. The van der Waals surface area contributed by atoms with Crippen molar-refractivity contribution in [2.75, 3.05) is 6.54 Å². The average molecular weight is 277 g/mol. The molecule has 2 atom stereocenters. The van der Waals surface area contributed by atoms with Crippen LogP contribution in [0.4, 0.5) is 0 Å². The van der Waals surface area contributed by atoms with Crippen molar-refractivity contribution in [1.29, 1.82) is 0 Å². The van der Waals surface area contributed by atoms with Gasteiger partial charge in [-0.2, -0.15) is 0 Å². The van der Waals surface area contributed by atoms with Crippen molar-refractivity contribution in [3.05, 3.63) is 29.8 Å². The molecular weight excluding hydrogens is 250 g/mol. The van der Waals surface area contributed by atoms with E-state index in [4.69, 9.17) is 0 Å². The Morgan fingerprint density at radius 2 is 1.84 bits per heavy atom. The predicted molar refractivity (Wildman–Crippen MR) is 86.1 cm³/mol. The summed E-state index contributed by atoms with van der Waals surface area (Å²) in [5.41, 5.74) is 1.68. The molecule has 0 aromatic heterocycles. The van der Waals surface area contributed by atoms with Gasteiger partial charge in [0.1, 0.15) is 0 Å². The van der Waals surface area contributed by atoms with Gasteiger partial charge in [-0.15, -0.1) is 11.8 Å². The van der Waals surface area contributed by atoms with Crippen molar-refractivity contribution in [1.82, 2.24) is 5.32 Å². The summed E-state index contributed by atoms with van der Waals surface area (Å²) in [6, 6.07) is 9.92. The molecule has 0 spiro atoms. The molecule has 0 radical (unpaired) electrons. The maximum absolute atomic E-state index is 3.58. The van der Waals surface area contributed by atoms with Crippen LogP contribution in [-0.2, 0) is 5.41 Å². The summed E-state index contributed by atoms with van der Waals surface area (Å²) >= 11 is 2.06. The lowest BCUT2D eigenvalue weighted by Gasteiger charge is -2.19. The van der Waals surface area contributed by atoms with Gasteiger partial charge in [-0.1, -0.05) is 39.8 Å². The molecule has 1 fully saturated rings. The van der Waals surface area contributed by atoms with Crippen LogP contribution in [0.3, 0.4) is 0 Å². The zero-order valence-electron chi connectivity index (χ0n) is 12.7. The Morgan fingerprint density at radius 3 is 2.42 bits per heavy atom. The Labute approximate surface area is 122 Å². The van der Waals surface area contributed by atoms with Gasteiger partial charge >= 0.3 is 0 Å². The average Bonchev–Trinajstić information content (AvgIpc) is 2.77. The lowest BCUT2D eigenvalue weighted by Crippen LogP contribution is -2.26. The zero-order chi connectivity index (χ0) is 13.9. The summed E-state index contributed by atoms with van der Waals surface area (Å²) in [4.78, 5) is 1.43. The smallest absolute Gasteiger partial charge is 0.0110 e. The molecule has 1 saturated carbocycles. The molecule has 2 unspecified atom stereocenters. The van der Waals surface area contributed by atoms with E-state index in [0.29, 0.717) is 0 Å². The van der Waals surface area contributed by atoms with Crippen LogP contribution in [0.25, 0.3) is 0 Å². The van der Waals surface area contributed by atoms with Crippen LogP contribution in [0.15, 0.2) is 29.2 Å². The first-order valence-corrected chi connectivity index (χ1v) is 8.37. The van der Waals surface area contributed by atoms with Crippen LogP contribution in [0.1, 0.15) is 52.5 Å². The van der Waals surface area contributed by atoms with Crippen molar-refractivity contribution in [2.24, 2.45) is 0 Å². The third-order valence-electron chi connectivity index (χ3n) is 3.90. The highest BCUT2D eigenvalue weighted by Gasteiger charge is 2.24. The second-order valence-electron chi connectivity index (χ2n) is 6.58. The van der Waals surface area contributed by atoms with E-state index in [-0.39, 0.29) is 5.41 Å². The van der Waals surface area contributed by atoms with Crippen LogP contribution in [0, 0.1) is 0 Å². The zero-order valence-corrected chi connectivity index (χ0v) is 13.5. The SMILES string of the molecule is CCNC1CCC(Sc2ccc(C(C)(C)C)cc2)C1. The summed E-state index contributed by atoms with van der Waals surface area (Å²) in [6.45, 7) is 10.1. The molecule has 2 rings (SSSR count). The summed E-state index contributed by atoms with van der Waals surface area (Å²) in [5, 5.41) is 4.37. The third-order valence-corrected chi connectivity index (χ3v) is 5.21. The number of nitrogens with one attached hydrogen (secondary N) is 1. The Balaban J connectivity index is 1.90. The monoisotopic (exact) mass is 277 g/mol. The standard InChI is InChI=1S/C17H27NS/c1-5-18-14-8-11-16(12-14)19-15-9-6-13(7-10-15)17(2,3)4/h6-7,9-10,14,16,18H,5,8,11-12H2,1-4H3. The lowest BCUT2D eigenvalue weighted by atomic mass is 9.87. The van der Waals surface area contributed by atoms with E-state index in [9.17, 15) is 0 Å². The summed E-state index contributed by atoms with van der Waals surface area (Å²) in [6.07, 6.45) is 4.01. The molecule has 106 valence electrons. The van der Waals surface area contributed by atoms with Crippen molar-refractivity contribution in [3.63, 3.8) is 0 Å². The fourth-order valence-electron chi connectivity index (χ4n) is 2.75. The van der Waals surface area contributed by atoms with Crippen molar-refractivity contribution < 1.29 is 0 Å². The number of thioether (sulfide) groups is 1. The normalized spacial score (nSPS) is 23.8. The van der Waals surface area contributed by atoms with Gasteiger partial charge in [-0.25, -0.2) is 0 Å². The molecule has 1 aromatic carbocycles. The van der Waals surface area contributed by atoms with Gasteiger partial charge < -0.3 is 5.32 Å². The minimum atomic E-state index is 0.257. The first-order valence-electron chi connectivity index (χ1n) is 7.49. The Morgan fingerprint density at radius 1 is 1.16 bits per heavy atom. The topological polar surface area (TPSA) is 12.0 Å². The highest BCUT2D eigenvalue weighted by molar-refractivity contribution is 8.00. The highest BCUT2D eigenvalue weighted by atomic mass is 32.2. The van der Waals surface area contributed by atoms with E-state index >= 15 is 0 Å². The molecule has 0 heterocycles. The molecule has 0 saturated heterocycles. The first-order chi connectivity index (χ1) is 8.99. The fourth-order valence-corrected chi connectivity index (χ4v) is 4.01. The molecule has 0 amide bonds. The second-order valence-corrected chi connectivity index (χ2v) is 7.96. The van der Waals surface area contributed by atoms with E-state index in [0.717, 1.165) is 17.8 Å². The quantitative estimate of drug-likeness (QED) is 0.862. The molecule has 1 aromatic rings. The Kier molecular flexibility index (Phi) is 4.97. The van der Waals surface area contributed by atoms with Gasteiger partial charge in [0.25, 0.3) is 0 Å². The fraction of sp³-hybridized carbons (Fsp3) is 0.647. The van der Waals surface area contributed by atoms with E-state index in [2.05, 4.69) is 69.0 Å². The van der Waals surface area contributed by atoms with Crippen LogP contribution in [-0.4, -0.2) is 17.8 Å². The van der Waals surface area contributed by atoms with Gasteiger partial charge in [0.05, 0.1) is 0 Å². The molecule has 1 nitrogen and oxygen atoms in total. The summed E-state index contributed by atoms with van der Waals surface area (Å²) in [5.74, 6) is 0. The molecular formula is C17H27NS. The minimum Gasteiger partial charge on any atom is -0.314 e. The van der Waals surface area contributed by atoms with Crippen molar-refractivity contribution in [2.45, 2.75) is 68.6 Å². The Bertz CT molecular complexity index is 391. The van der Waals surface area contributed by atoms with Gasteiger partial charge in [0.2, 0.25) is 0 Å². The van der Waals surface area contributed by atoms with Gasteiger partial charge in [-0.3, -0.25) is 0 Å². The maximum Gasteiger partial charge on any atom is 0.0110 e. The summed E-state index contributed by atoms with van der Waals surface area (Å²) < 4.78 is 0. The van der Waals surface area contributed by atoms with E-state index in [1.54, 1.807) is 0 Å². The Hall–Kier alpha value is -0.470. The van der Waals surface area contributed by atoms with Gasteiger partial charge in [-0.05, 0) is 48.9 Å². The number of hydrogen-bond donors (Lipinski definition) is 1. The first kappa shape index (κ1) is 14.9. The molecule has 1 aliphatic carbocycles. The van der Waals surface area contributed by atoms with Crippen LogP contribution in [0.5, 0.6) is 0 Å². The van der Waals surface area contributed by atoms with E-state index < -0.39 is 0 Å². The molecule has 19 heavy (non-hydrogen) atoms. The lowest BCUT2D eigenvalue weighted by molar-refractivity contribution is 0.543. The maximum atomic E-state index is 3.58. The summed E-state index contributed by atoms with van der Waals surface area (Å²) in [7, 11) is 0. The van der Waals surface area contributed by atoms with Crippen LogP contribution in [0.2, 0.25) is 0 Å². The molecule has 1 aliphatic rings. The largest absolute Gasteiger partial charge is 0.314 e. The third kappa shape index (κ3) is 4.25. The van der Waals surface area contributed by atoms with E-state index in [1.807, 2.05) is 0 Å². The van der Waals surface area contributed by atoms with Crippen LogP contribution < -0.4 is 5.32 Å². The van der Waals surface area contributed by atoms with Gasteiger partial charge in [0.15, 0.2) is 0 Å².